The lowest BCUT2D eigenvalue weighted by Crippen LogP contribution is -2.48. The van der Waals surface area contributed by atoms with Crippen LogP contribution in [0.5, 0.6) is 0 Å². The van der Waals surface area contributed by atoms with E-state index < -0.39 is 10.0 Å². The molecule has 2 aliphatic heterocycles. The van der Waals surface area contributed by atoms with Crippen LogP contribution in [0.25, 0.3) is 0 Å². The maximum Gasteiger partial charge on any atom is 0.243 e. The molecule has 10 heteroatoms. The molecule has 2 fully saturated rings. The number of pyridine rings is 1. The third-order valence-corrected chi connectivity index (χ3v) is 8.58. The van der Waals surface area contributed by atoms with Crippen LogP contribution < -0.4 is 5.32 Å². The number of piperidine rings is 2. The highest BCUT2D eigenvalue weighted by Gasteiger charge is 2.36. The Bertz CT molecular complexity index is 1230. The summed E-state index contributed by atoms with van der Waals surface area (Å²) in [5.74, 6) is -0.195. The van der Waals surface area contributed by atoms with Gasteiger partial charge in [-0.3, -0.25) is 9.59 Å². The van der Waals surface area contributed by atoms with Crippen LogP contribution >= 0.6 is 0 Å². The van der Waals surface area contributed by atoms with Crippen LogP contribution in [0.1, 0.15) is 36.9 Å². The van der Waals surface area contributed by atoms with E-state index in [1.165, 1.54) is 28.6 Å². The predicted molar refractivity (Wildman–Crippen MR) is 130 cm³/mol. The molecule has 1 aromatic heterocycles. The van der Waals surface area contributed by atoms with Crippen molar-refractivity contribution in [3.05, 3.63) is 53.7 Å². The van der Waals surface area contributed by atoms with Gasteiger partial charge in [0, 0.05) is 37.8 Å². The Balaban J connectivity index is 1.33. The second kappa shape index (κ2) is 10.5. The van der Waals surface area contributed by atoms with Crippen LogP contribution in [-0.2, 0) is 19.6 Å². The van der Waals surface area contributed by atoms with Crippen molar-refractivity contribution in [2.75, 3.05) is 31.5 Å². The first-order valence-electron chi connectivity index (χ1n) is 11.8. The Morgan fingerprint density at radius 2 is 1.74 bits per heavy atom. The molecule has 1 unspecified atom stereocenters. The van der Waals surface area contributed by atoms with E-state index in [4.69, 9.17) is 5.26 Å². The predicted octanol–water partition coefficient (Wildman–Crippen LogP) is 2.54. The Morgan fingerprint density at radius 1 is 1.03 bits per heavy atom. The number of aryl methyl sites for hydroxylation is 1. The SMILES string of the molecule is Cc1cccc(NC(=O)C2CCCN(C(=O)C3CCN(S(=O)(=O)c4ccc(C#N)cc4)CC3)C2)n1. The van der Waals surface area contributed by atoms with E-state index in [0.29, 0.717) is 43.7 Å². The molecule has 3 heterocycles. The number of hydrogen-bond donors (Lipinski definition) is 1. The number of nitrogens with one attached hydrogen (secondary N) is 1. The smallest absolute Gasteiger partial charge is 0.243 e. The molecule has 0 saturated carbocycles. The highest BCUT2D eigenvalue weighted by Crippen LogP contribution is 2.27. The van der Waals surface area contributed by atoms with E-state index in [0.717, 1.165) is 12.1 Å². The molecular weight excluding hydrogens is 466 g/mol. The van der Waals surface area contributed by atoms with E-state index in [2.05, 4.69) is 10.3 Å². The maximum atomic E-state index is 13.2. The van der Waals surface area contributed by atoms with Crippen molar-refractivity contribution in [2.45, 2.75) is 37.5 Å². The molecule has 1 aromatic carbocycles. The Hall–Kier alpha value is -3.29. The van der Waals surface area contributed by atoms with E-state index in [1.54, 1.807) is 11.0 Å². The van der Waals surface area contributed by atoms with E-state index in [9.17, 15) is 18.0 Å². The molecule has 184 valence electrons. The van der Waals surface area contributed by atoms with Gasteiger partial charge >= 0.3 is 0 Å². The largest absolute Gasteiger partial charge is 0.342 e. The highest BCUT2D eigenvalue weighted by atomic mass is 32.2. The normalized spacial score (nSPS) is 19.7. The molecule has 9 nitrogen and oxygen atoms in total. The van der Waals surface area contributed by atoms with Gasteiger partial charge in [-0.1, -0.05) is 6.07 Å². The van der Waals surface area contributed by atoms with Crippen molar-refractivity contribution >= 4 is 27.7 Å². The van der Waals surface area contributed by atoms with Crippen molar-refractivity contribution in [3.8, 4) is 6.07 Å². The van der Waals surface area contributed by atoms with Crippen molar-refractivity contribution in [1.82, 2.24) is 14.2 Å². The number of hydrogen-bond acceptors (Lipinski definition) is 6. The fourth-order valence-corrected chi connectivity index (χ4v) is 6.15. The molecule has 1 atom stereocenters. The number of carbonyl (C=O) groups excluding carboxylic acids is 2. The maximum absolute atomic E-state index is 13.2. The molecule has 1 N–H and O–H groups in total. The van der Waals surface area contributed by atoms with Gasteiger partial charge in [0.15, 0.2) is 0 Å². The lowest BCUT2D eigenvalue weighted by molar-refractivity contribution is -0.139. The lowest BCUT2D eigenvalue weighted by Gasteiger charge is -2.37. The average Bonchev–Trinajstić information content (AvgIpc) is 2.88. The van der Waals surface area contributed by atoms with Crippen LogP contribution in [0.2, 0.25) is 0 Å². The van der Waals surface area contributed by atoms with Crippen molar-refractivity contribution in [1.29, 1.82) is 5.26 Å². The number of sulfonamides is 1. The van der Waals surface area contributed by atoms with Gasteiger partial charge < -0.3 is 10.2 Å². The second-order valence-corrected chi connectivity index (χ2v) is 11.0. The number of amides is 2. The first-order valence-corrected chi connectivity index (χ1v) is 13.3. The zero-order valence-electron chi connectivity index (χ0n) is 19.7. The molecule has 0 spiro atoms. The summed E-state index contributed by atoms with van der Waals surface area (Å²) in [6.45, 7) is 3.35. The van der Waals surface area contributed by atoms with Gasteiger partial charge in [-0.05, 0) is 69.0 Å². The fourth-order valence-electron chi connectivity index (χ4n) is 4.68. The summed E-state index contributed by atoms with van der Waals surface area (Å²) in [5, 5.41) is 11.8. The molecule has 0 aliphatic carbocycles. The minimum Gasteiger partial charge on any atom is -0.342 e. The first kappa shape index (κ1) is 24.8. The van der Waals surface area contributed by atoms with Gasteiger partial charge in [0.2, 0.25) is 21.8 Å². The molecule has 0 bridgehead atoms. The Labute approximate surface area is 205 Å². The summed E-state index contributed by atoms with van der Waals surface area (Å²) in [7, 11) is -3.67. The van der Waals surface area contributed by atoms with E-state index in [-0.39, 0.29) is 41.6 Å². The van der Waals surface area contributed by atoms with Crippen LogP contribution in [0, 0.1) is 30.1 Å². The van der Waals surface area contributed by atoms with Crippen LogP contribution in [0.15, 0.2) is 47.4 Å². The standard InChI is InChI=1S/C25H29N5O4S/c1-18-4-2-6-23(27-18)28-24(31)21-5-3-13-29(17-21)25(32)20-11-14-30(15-12-20)35(33,34)22-9-7-19(16-26)8-10-22/h2,4,6-10,20-21H,3,5,11-15,17H2,1H3,(H,27,28,31). The van der Waals surface area contributed by atoms with E-state index in [1.807, 2.05) is 25.1 Å². The number of likely N-dealkylation sites (tertiary alicyclic amines) is 1. The lowest BCUT2D eigenvalue weighted by atomic mass is 9.92. The van der Waals surface area contributed by atoms with Crippen molar-refractivity contribution in [3.63, 3.8) is 0 Å². The summed E-state index contributed by atoms with van der Waals surface area (Å²) in [6, 6.07) is 13.3. The van der Waals surface area contributed by atoms with E-state index >= 15 is 0 Å². The first-order chi connectivity index (χ1) is 16.8. The molecule has 2 aromatic rings. The number of nitriles is 1. The van der Waals surface area contributed by atoms with Crippen molar-refractivity contribution < 1.29 is 18.0 Å². The van der Waals surface area contributed by atoms with Crippen molar-refractivity contribution in [2.24, 2.45) is 11.8 Å². The van der Waals surface area contributed by atoms with Gasteiger partial charge in [0.05, 0.1) is 22.4 Å². The molecule has 2 amide bonds. The van der Waals surface area contributed by atoms with Crippen LogP contribution in [0.4, 0.5) is 5.82 Å². The van der Waals surface area contributed by atoms with Gasteiger partial charge in [-0.25, -0.2) is 13.4 Å². The number of rotatable bonds is 5. The van der Waals surface area contributed by atoms with Gasteiger partial charge in [0.25, 0.3) is 0 Å². The summed E-state index contributed by atoms with van der Waals surface area (Å²) in [6.07, 6.45) is 2.34. The minimum absolute atomic E-state index is 0.00778. The van der Waals surface area contributed by atoms with Gasteiger partial charge in [0.1, 0.15) is 5.82 Å². The number of aromatic nitrogens is 1. The zero-order valence-corrected chi connectivity index (χ0v) is 20.5. The highest BCUT2D eigenvalue weighted by molar-refractivity contribution is 7.89. The molecule has 2 aliphatic rings. The second-order valence-electron chi connectivity index (χ2n) is 9.09. The Kier molecular flexibility index (Phi) is 7.48. The topological polar surface area (TPSA) is 123 Å². The average molecular weight is 496 g/mol. The van der Waals surface area contributed by atoms with Gasteiger partial charge in [-0.2, -0.15) is 9.57 Å². The van der Waals surface area contributed by atoms with Gasteiger partial charge in [-0.15, -0.1) is 0 Å². The molecule has 0 radical (unpaired) electrons. The Morgan fingerprint density at radius 3 is 2.40 bits per heavy atom. The third kappa shape index (κ3) is 5.69. The number of nitrogens with zero attached hydrogens (tertiary/aromatic N) is 4. The number of benzene rings is 1. The number of carbonyl (C=O) groups is 2. The quantitative estimate of drug-likeness (QED) is 0.680. The minimum atomic E-state index is -3.67. The van der Waals surface area contributed by atoms with Crippen LogP contribution in [0.3, 0.4) is 0 Å². The molecule has 4 rings (SSSR count). The summed E-state index contributed by atoms with van der Waals surface area (Å²) in [4.78, 5) is 32.2. The molecule has 2 saturated heterocycles. The monoisotopic (exact) mass is 495 g/mol. The molecular formula is C25H29N5O4S. The molecule has 35 heavy (non-hydrogen) atoms. The summed E-state index contributed by atoms with van der Waals surface area (Å²) >= 11 is 0. The third-order valence-electron chi connectivity index (χ3n) is 6.67. The number of anilines is 1. The van der Waals surface area contributed by atoms with Crippen LogP contribution in [-0.4, -0.2) is 60.6 Å². The fraction of sp³-hybridized carbons (Fsp3) is 0.440. The summed E-state index contributed by atoms with van der Waals surface area (Å²) < 4.78 is 27.3. The zero-order chi connectivity index (χ0) is 25.0. The summed E-state index contributed by atoms with van der Waals surface area (Å²) in [5.41, 5.74) is 1.22.